The number of carbonyl (C=O) groups is 1. The van der Waals surface area contributed by atoms with Gasteiger partial charge in [0.2, 0.25) is 0 Å². The van der Waals surface area contributed by atoms with E-state index in [0.717, 1.165) is 17.8 Å². The zero-order valence-corrected chi connectivity index (χ0v) is 19.9. The molecular formula is C29H23F2N3O3. The fourth-order valence-corrected chi connectivity index (χ4v) is 3.72. The van der Waals surface area contributed by atoms with E-state index in [4.69, 9.17) is 5.11 Å². The average molecular weight is 500 g/mol. The maximum atomic E-state index is 14.0. The summed E-state index contributed by atoms with van der Waals surface area (Å²) in [5.41, 5.74) is 3.16. The van der Waals surface area contributed by atoms with Crippen LogP contribution in [-0.4, -0.2) is 32.7 Å². The molecule has 2 aromatic carbocycles. The van der Waals surface area contributed by atoms with Gasteiger partial charge in [0.1, 0.15) is 23.1 Å². The maximum Gasteiger partial charge on any atom is 0.270 e. The van der Waals surface area contributed by atoms with Crippen molar-refractivity contribution in [1.29, 1.82) is 0 Å². The van der Waals surface area contributed by atoms with Crippen molar-refractivity contribution < 1.29 is 23.8 Å². The number of aromatic nitrogens is 2. The predicted octanol–water partition coefficient (Wildman–Crippen LogP) is 4.22. The molecule has 2 aromatic heterocycles. The molecule has 37 heavy (non-hydrogen) atoms. The number of halogens is 2. The molecule has 0 radical (unpaired) electrons. The number of aryl methyl sites for hydroxylation is 1. The van der Waals surface area contributed by atoms with Crippen LogP contribution in [0.2, 0.25) is 0 Å². The van der Waals surface area contributed by atoms with Gasteiger partial charge in [-0.2, -0.15) is 0 Å². The van der Waals surface area contributed by atoms with E-state index in [1.165, 1.54) is 36.4 Å². The monoisotopic (exact) mass is 499 g/mol. The van der Waals surface area contributed by atoms with E-state index in [2.05, 4.69) is 27.1 Å². The maximum absolute atomic E-state index is 14.0. The fraction of sp³-hybridized carbons (Fsp3) is 0.138. The van der Waals surface area contributed by atoms with Gasteiger partial charge in [0.05, 0.1) is 6.04 Å². The molecule has 0 saturated carbocycles. The van der Waals surface area contributed by atoms with Gasteiger partial charge < -0.3 is 15.5 Å². The first-order valence-corrected chi connectivity index (χ1v) is 11.4. The van der Waals surface area contributed by atoms with E-state index in [1.54, 1.807) is 31.3 Å². The number of aliphatic hydroxyl groups is 1. The first kappa shape index (κ1) is 25.5. The van der Waals surface area contributed by atoms with E-state index in [1.807, 2.05) is 0 Å². The van der Waals surface area contributed by atoms with Crippen LogP contribution in [0, 0.1) is 30.4 Å². The molecule has 0 aliphatic rings. The third-order valence-electron chi connectivity index (χ3n) is 5.51. The van der Waals surface area contributed by atoms with Crippen LogP contribution in [0.4, 0.5) is 8.78 Å². The van der Waals surface area contributed by atoms with Crippen molar-refractivity contribution in [1.82, 2.24) is 15.3 Å². The Hall–Kier alpha value is -4.61. The van der Waals surface area contributed by atoms with Gasteiger partial charge in [-0.05, 0) is 67.1 Å². The Morgan fingerprint density at radius 3 is 2.41 bits per heavy atom. The quantitative estimate of drug-likeness (QED) is 0.345. The standard InChI is InChI=1S/C29H23F2N3O3/c1-18-14-20(3-2-19-4-10-24(12-13-35)32-17-19)15-26(33-18)29(37)34-28(21-5-7-22(30)8-6-21)25-16-23(31)9-11-27(25)36/h4-11,14-17,28,35-36H,12-13H2,1H3,(H,34,37)/t28-/m1/s1. The van der Waals surface area contributed by atoms with Gasteiger partial charge in [0.25, 0.3) is 5.91 Å². The molecule has 6 nitrogen and oxygen atoms in total. The van der Waals surface area contributed by atoms with E-state index >= 15 is 0 Å². The lowest BCUT2D eigenvalue weighted by Crippen LogP contribution is -2.30. The van der Waals surface area contributed by atoms with Crippen molar-refractivity contribution in [2.45, 2.75) is 19.4 Å². The molecule has 1 atom stereocenters. The number of hydrogen-bond acceptors (Lipinski definition) is 5. The Morgan fingerprint density at radius 2 is 1.70 bits per heavy atom. The minimum absolute atomic E-state index is 0.0139. The Labute approximate surface area is 212 Å². The van der Waals surface area contributed by atoms with Crippen LogP contribution in [0.3, 0.4) is 0 Å². The van der Waals surface area contributed by atoms with Gasteiger partial charge >= 0.3 is 0 Å². The Balaban J connectivity index is 1.63. The summed E-state index contributed by atoms with van der Waals surface area (Å²) < 4.78 is 27.5. The number of phenols is 1. The van der Waals surface area contributed by atoms with Gasteiger partial charge in [-0.1, -0.05) is 24.0 Å². The van der Waals surface area contributed by atoms with Crippen molar-refractivity contribution >= 4 is 5.91 Å². The van der Waals surface area contributed by atoms with Crippen LogP contribution in [0.1, 0.15) is 50.2 Å². The van der Waals surface area contributed by atoms with Crippen molar-refractivity contribution in [3.63, 3.8) is 0 Å². The molecule has 0 aliphatic carbocycles. The Kier molecular flexibility index (Phi) is 7.86. The van der Waals surface area contributed by atoms with Crippen molar-refractivity contribution in [3.8, 4) is 17.6 Å². The lowest BCUT2D eigenvalue weighted by molar-refractivity contribution is 0.0937. The SMILES string of the molecule is Cc1cc(C#Cc2ccc(CCO)nc2)cc(C(=O)N[C@H](c2ccc(F)cc2)c2cc(F)ccc2O)n1. The number of amides is 1. The molecule has 186 valence electrons. The molecule has 8 heteroatoms. The first-order chi connectivity index (χ1) is 17.8. The third-order valence-corrected chi connectivity index (χ3v) is 5.51. The summed E-state index contributed by atoms with van der Waals surface area (Å²) in [5, 5.41) is 22.2. The topological polar surface area (TPSA) is 95.3 Å². The zero-order chi connectivity index (χ0) is 26.4. The molecule has 0 fully saturated rings. The van der Waals surface area contributed by atoms with E-state index in [0.29, 0.717) is 28.8 Å². The Morgan fingerprint density at radius 1 is 0.973 bits per heavy atom. The number of nitrogens with one attached hydrogen (secondary N) is 1. The zero-order valence-electron chi connectivity index (χ0n) is 19.9. The van der Waals surface area contributed by atoms with Crippen molar-refractivity contribution in [2.75, 3.05) is 6.61 Å². The molecule has 2 heterocycles. The van der Waals surface area contributed by atoms with Gasteiger partial charge in [0, 0.05) is 47.3 Å². The number of nitrogens with zero attached hydrogens (tertiary/aromatic N) is 2. The second kappa shape index (κ2) is 11.4. The number of aliphatic hydroxyl groups excluding tert-OH is 1. The number of benzene rings is 2. The summed E-state index contributed by atoms with van der Waals surface area (Å²) in [4.78, 5) is 21.8. The number of hydrogen-bond donors (Lipinski definition) is 3. The second-order valence-corrected chi connectivity index (χ2v) is 8.31. The summed E-state index contributed by atoms with van der Waals surface area (Å²) in [6.45, 7) is 1.74. The second-order valence-electron chi connectivity index (χ2n) is 8.31. The molecule has 0 saturated heterocycles. The molecule has 4 aromatic rings. The number of phenolic OH excluding ortho intramolecular Hbond substituents is 1. The highest BCUT2D eigenvalue weighted by Gasteiger charge is 2.22. The number of rotatable bonds is 6. The molecule has 0 spiro atoms. The number of carbonyl (C=O) groups excluding carboxylic acids is 1. The summed E-state index contributed by atoms with van der Waals surface area (Å²) in [7, 11) is 0. The average Bonchev–Trinajstić information content (AvgIpc) is 2.89. The summed E-state index contributed by atoms with van der Waals surface area (Å²) >= 11 is 0. The van der Waals surface area contributed by atoms with Crippen LogP contribution in [0.5, 0.6) is 5.75 Å². The fourth-order valence-electron chi connectivity index (χ4n) is 3.72. The van der Waals surface area contributed by atoms with E-state index in [9.17, 15) is 18.7 Å². The highest BCUT2D eigenvalue weighted by Crippen LogP contribution is 2.30. The largest absolute Gasteiger partial charge is 0.508 e. The normalized spacial score (nSPS) is 11.4. The van der Waals surface area contributed by atoms with E-state index in [-0.39, 0.29) is 23.6 Å². The van der Waals surface area contributed by atoms with Crippen LogP contribution in [-0.2, 0) is 6.42 Å². The molecule has 0 unspecified atom stereocenters. The Bertz CT molecular complexity index is 1480. The summed E-state index contributed by atoms with van der Waals surface area (Å²) in [5.74, 6) is 4.11. The predicted molar refractivity (Wildman–Crippen MR) is 134 cm³/mol. The van der Waals surface area contributed by atoms with Gasteiger partial charge in [-0.25, -0.2) is 13.8 Å². The lowest BCUT2D eigenvalue weighted by atomic mass is 9.97. The minimum Gasteiger partial charge on any atom is -0.508 e. The van der Waals surface area contributed by atoms with Gasteiger partial charge in [-0.15, -0.1) is 0 Å². The molecule has 1 amide bonds. The highest BCUT2D eigenvalue weighted by molar-refractivity contribution is 5.93. The first-order valence-electron chi connectivity index (χ1n) is 11.4. The van der Waals surface area contributed by atoms with Crippen LogP contribution in [0.15, 0.2) is 72.9 Å². The third kappa shape index (κ3) is 6.54. The lowest BCUT2D eigenvalue weighted by Gasteiger charge is -2.21. The molecular weight excluding hydrogens is 476 g/mol. The van der Waals surface area contributed by atoms with Crippen LogP contribution in [0.25, 0.3) is 0 Å². The summed E-state index contributed by atoms with van der Waals surface area (Å²) in [6, 6.07) is 14.6. The van der Waals surface area contributed by atoms with Gasteiger partial charge in [-0.3, -0.25) is 9.78 Å². The van der Waals surface area contributed by atoms with Gasteiger partial charge in [0.15, 0.2) is 0 Å². The smallest absolute Gasteiger partial charge is 0.270 e. The summed E-state index contributed by atoms with van der Waals surface area (Å²) in [6.07, 6.45) is 2.07. The van der Waals surface area contributed by atoms with E-state index < -0.39 is 23.6 Å². The highest BCUT2D eigenvalue weighted by atomic mass is 19.1. The van der Waals surface area contributed by atoms with Crippen LogP contribution >= 0.6 is 0 Å². The molecule has 3 N–H and O–H groups in total. The number of aromatic hydroxyl groups is 1. The molecule has 4 rings (SSSR count). The minimum atomic E-state index is -0.968. The van der Waals surface area contributed by atoms with Crippen molar-refractivity contribution in [2.24, 2.45) is 0 Å². The van der Waals surface area contributed by atoms with Crippen LogP contribution < -0.4 is 5.32 Å². The van der Waals surface area contributed by atoms with Crippen molar-refractivity contribution in [3.05, 3.63) is 124 Å². The number of pyridine rings is 2. The molecule has 0 aliphatic heterocycles. The molecule has 0 bridgehead atoms.